The van der Waals surface area contributed by atoms with E-state index in [-0.39, 0.29) is 0 Å². The molecule has 0 aliphatic carbocycles. The molecule has 0 fully saturated rings. The Hall–Kier alpha value is -2.98. The summed E-state index contributed by atoms with van der Waals surface area (Å²) in [6.45, 7) is 2.43. The number of methoxy groups -OCH3 is 1. The van der Waals surface area contributed by atoms with Gasteiger partial charge in [-0.2, -0.15) is 5.10 Å². The average Bonchev–Trinajstić information content (AvgIpc) is 2.68. The number of hydrazone groups is 1. The van der Waals surface area contributed by atoms with Crippen molar-refractivity contribution in [3.05, 3.63) is 88.4 Å². The van der Waals surface area contributed by atoms with Crippen molar-refractivity contribution in [1.29, 1.82) is 0 Å². The summed E-state index contributed by atoms with van der Waals surface area (Å²) in [5, 5.41) is 5.00. The van der Waals surface area contributed by atoms with Gasteiger partial charge in [0.1, 0.15) is 6.61 Å². The molecule has 0 saturated carbocycles. The van der Waals surface area contributed by atoms with Crippen LogP contribution in [-0.2, 0) is 6.61 Å². The van der Waals surface area contributed by atoms with Gasteiger partial charge >= 0.3 is 0 Å². The summed E-state index contributed by atoms with van der Waals surface area (Å²) in [5.41, 5.74) is 6.94. The van der Waals surface area contributed by atoms with Crippen LogP contribution in [0.5, 0.6) is 11.5 Å². The van der Waals surface area contributed by atoms with Crippen LogP contribution in [0.25, 0.3) is 0 Å². The second-order valence-electron chi connectivity index (χ2n) is 6.03. The molecule has 0 heterocycles. The van der Waals surface area contributed by atoms with Crippen molar-refractivity contribution in [2.75, 3.05) is 12.5 Å². The Labute approximate surface area is 164 Å². The number of hydrogen-bond acceptors (Lipinski definition) is 4. The first-order valence-corrected chi connectivity index (χ1v) is 8.93. The van der Waals surface area contributed by atoms with Crippen LogP contribution in [0.2, 0.25) is 5.02 Å². The average molecular weight is 381 g/mol. The van der Waals surface area contributed by atoms with Gasteiger partial charge in [0.05, 0.1) is 19.0 Å². The number of para-hydroxylation sites is 1. The molecule has 3 aromatic rings. The Bertz CT molecular complexity index is 924. The molecular weight excluding hydrogens is 360 g/mol. The van der Waals surface area contributed by atoms with Gasteiger partial charge in [0, 0.05) is 10.6 Å². The number of aryl methyl sites for hydroxylation is 1. The third-order valence-corrected chi connectivity index (χ3v) is 4.19. The maximum Gasteiger partial charge on any atom is 0.170 e. The number of halogens is 1. The zero-order valence-corrected chi connectivity index (χ0v) is 16.0. The number of ether oxygens (including phenoxy) is 2. The Morgan fingerprint density at radius 1 is 1.04 bits per heavy atom. The normalized spacial score (nSPS) is 10.8. The van der Waals surface area contributed by atoms with Crippen molar-refractivity contribution < 1.29 is 9.47 Å². The SMILES string of the molecule is COc1cccc(C=NNc2ccc(C)cc2)c1OCc1cccc(Cl)c1. The van der Waals surface area contributed by atoms with Gasteiger partial charge in [0.15, 0.2) is 11.5 Å². The molecule has 1 N–H and O–H groups in total. The molecule has 27 heavy (non-hydrogen) atoms. The fourth-order valence-corrected chi connectivity index (χ4v) is 2.75. The first-order valence-electron chi connectivity index (χ1n) is 8.55. The van der Waals surface area contributed by atoms with Crippen molar-refractivity contribution in [3.8, 4) is 11.5 Å². The molecule has 138 valence electrons. The third-order valence-electron chi connectivity index (χ3n) is 3.95. The molecule has 0 amide bonds. The van der Waals surface area contributed by atoms with Crippen LogP contribution in [0, 0.1) is 6.92 Å². The standard InChI is InChI=1S/C22H21ClN2O2/c1-16-9-11-20(12-10-16)25-24-14-18-6-4-8-21(26-2)22(18)27-15-17-5-3-7-19(23)13-17/h3-14,25H,15H2,1-2H3. The van der Waals surface area contributed by atoms with Gasteiger partial charge in [0.2, 0.25) is 0 Å². The zero-order valence-electron chi connectivity index (χ0n) is 15.3. The van der Waals surface area contributed by atoms with Crippen LogP contribution in [-0.4, -0.2) is 13.3 Å². The van der Waals surface area contributed by atoms with E-state index < -0.39 is 0 Å². The molecule has 3 rings (SSSR count). The van der Waals surface area contributed by atoms with Crippen molar-refractivity contribution in [2.24, 2.45) is 5.10 Å². The smallest absolute Gasteiger partial charge is 0.170 e. The lowest BCUT2D eigenvalue weighted by Gasteiger charge is -2.13. The van der Waals surface area contributed by atoms with E-state index in [2.05, 4.69) is 10.5 Å². The molecule has 4 nitrogen and oxygen atoms in total. The van der Waals surface area contributed by atoms with Crippen molar-refractivity contribution >= 4 is 23.5 Å². The molecule has 0 aliphatic rings. The Morgan fingerprint density at radius 3 is 2.56 bits per heavy atom. The highest BCUT2D eigenvalue weighted by molar-refractivity contribution is 6.30. The molecule has 0 atom stereocenters. The Balaban J connectivity index is 1.76. The highest BCUT2D eigenvalue weighted by atomic mass is 35.5. The van der Waals surface area contributed by atoms with Gasteiger partial charge in [-0.3, -0.25) is 5.43 Å². The number of rotatable bonds is 7. The molecule has 3 aromatic carbocycles. The van der Waals surface area contributed by atoms with E-state index in [4.69, 9.17) is 21.1 Å². The topological polar surface area (TPSA) is 42.8 Å². The number of nitrogens with one attached hydrogen (secondary N) is 1. The summed E-state index contributed by atoms with van der Waals surface area (Å²) in [6, 6.07) is 21.3. The summed E-state index contributed by atoms with van der Waals surface area (Å²) in [5.74, 6) is 1.28. The van der Waals surface area contributed by atoms with Gasteiger partial charge in [-0.05, 0) is 48.9 Å². The van der Waals surface area contributed by atoms with E-state index in [1.165, 1.54) is 5.56 Å². The minimum atomic E-state index is 0.382. The maximum atomic E-state index is 6.04. The Morgan fingerprint density at radius 2 is 1.81 bits per heavy atom. The van der Waals surface area contributed by atoms with E-state index in [1.807, 2.05) is 73.7 Å². The monoisotopic (exact) mass is 380 g/mol. The third kappa shape index (κ3) is 5.25. The van der Waals surface area contributed by atoms with Gasteiger partial charge in [-0.1, -0.05) is 47.5 Å². The molecular formula is C22H21ClN2O2. The van der Waals surface area contributed by atoms with Gasteiger partial charge in [-0.15, -0.1) is 0 Å². The maximum absolute atomic E-state index is 6.04. The number of benzene rings is 3. The van der Waals surface area contributed by atoms with Gasteiger partial charge < -0.3 is 9.47 Å². The van der Waals surface area contributed by atoms with Crippen LogP contribution in [0.3, 0.4) is 0 Å². The van der Waals surface area contributed by atoms with Crippen molar-refractivity contribution in [2.45, 2.75) is 13.5 Å². The second-order valence-corrected chi connectivity index (χ2v) is 6.47. The van der Waals surface area contributed by atoms with E-state index in [0.717, 1.165) is 16.8 Å². The van der Waals surface area contributed by atoms with Crippen molar-refractivity contribution in [3.63, 3.8) is 0 Å². The van der Waals surface area contributed by atoms with E-state index in [1.54, 1.807) is 13.3 Å². The number of hydrogen-bond donors (Lipinski definition) is 1. The van der Waals surface area contributed by atoms with E-state index in [0.29, 0.717) is 23.1 Å². The molecule has 5 heteroatoms. The summed E-state index contributed by atoms with van der Waals surface area (Å²) in [6.07, 6.45) is 1.72. The largest absolute Gasteiger partial charge is 0.493 e. The molecule has 0 unspecified atom stereocenters. The lowest BCUT2D eigenvalue weighted by atomic mass is 10.2. The lowest BCUT2D eigenvalue weighted by molar-refractivity contribution is 0.284. The molecule has 0 bridgehead atoms. The first kappa shape index (κ1) is 18.8. The number of nitrogens with zero attached hydrogens (tertiary/aromatic N) is 1. The van der Waals surface area contributed by atoms with E-state index in [9.17, 15) is 0 Å². The predicted octanol–water partition coefficient (Wildman–Crippen LogP) is 5.68. The minimum absolute atomic E-state index is 0.382. The first-order chi connectivity index (χ1) is 13.2. The van der Waals surface area contributed by atoms with Crippen molar-refractivity contribution in [1.82, 2.24) is 0 Å². The molecule has 0 aromatic heterocycles. The highest BCUT2D eigenvalue weighted by Gasteiger charge is 2.10. The quantitative estimate of drug-likeness (QED) is 0.423. The zero-order chi connectivity index (χ0) is 19.1. The summed E-state index contributed by atoms with van der Waals surface area (Å²) >= 11 is 6.04. The Kier molecular flexibility index (Phi) is 6.34. The van der Waals surface area contributed by atoms with Crippen LogP contribution < -0.4 is 14.9 Å². The fourth-order valence-electron chi connectivity index (χ4n) is 2.54. The minimum Gasteiger partial charge on any atom is -0.493 e. The number of anilines is 1. The summed E-state index contributed by atoms with van der Waals surface area (Å²) < 4.78 is 11.5. The van der Waals surface area contributed by atoms with Crippen LogP contribution >= 0.6 is 11.6 Å². The molecule has 0 saturated heterocycles. The van der Waals surface area contributed by atoms with Gasteiger partial charge in [-0.25, -0.2) is 0 Å². The fraction of sp³-hybridized carbons (Fsp3) is 0.136. The van der Waals surface area contributed by atoms with Crippen LogP contribution in [0.15, 0.2) is 71.8 Å². The summed E-state index contributed by atoms with van der Waals surface area (Å²) in [7, 11) is 1.62. The predicted molar refractivity (Wildman–Crippen MR) is 111 cm³/mol. The second kappa shape index (κ2) is 9.10. The van der Waals surface area contributed by atoms with Gasteiger partial charge in [0.25, 0.3) is 0 Å². The molecule has 0 radical (unpaired) electrons. The molecule has 0 aliphatic heterocycles. The molecule has 0 spiro atoms. The van der Waals surface area contributed by atoms with Crippen LogP contribution in [0.1, 0.15) is 16.7 Å². The van der Waals surface area contributed by atoms with E-state index >= 15 is 0 Å². The summed E-state index contributed by atoms with van der Waals surface area (Å²) in [4.78, 5) is 0. The highest BCUT2D eigenvalue weighted by Crippen LogP contribution is 2.31. The lowest BCUT2D eigenvalue weighted by Crippen LogP contribution is -2.01. The van der Waals surface area contributed by atoms with Crippen LogP contribution in [0.4, 0.5) is 5.69 Å².